The summed E-state index contributed by atoms with van der Waals surface area (Å²) in [7, 11) is 1.65. The van der Waals surface area contributed by atoms with E-state index in [4.69, 9.17) is 10.5 Å². The van der Waals surface area contributed by atoms with Gasteiger partial charge in [-0.1, -0.05) is 20.3 Å². The molecule has 0 aromatic carbocycles. The summed E-state index contributed by atoms with van der Waals surface area (Å²) in [5.41, 5.74) is 5.74. The van der Waals surface area contributed by atoms with E-state index in [1.807, 2.05) is 13.8 Å². The van der Waals surface area contributed by atoms with Crippen molar-refractivity contribution < 1.29 is 9.53 Å². The zero-order chi connectivity index (χ0) is 11.0. The largest absolute Gasteiger partial charge is 0.385 e. The van der Waals surface area contributed by atoms with Gasteiger partial charge >= 0.3 is 0 Å². The number of amides is 1. The van der Waals surface area contributed by atoms with Crippen LogP contribution in [0.15, 0.2) is 0 Å². The van der Waals surface area contributed by atoms with Crippen molar-refractivity contribution >= 4 is 5.91 Å². The fourth-order valence-corrected chi connectivity index (χ4v) is 1.06. The van der Waals surface area contributed by atoms with Gasteiger partial charge in [-0.3, -0.25) is 4.79 Å². The fraction of sp³-hybridized carbons (Fsp3) is 0.900. The normalized spacial score (nSPS) is 14.9. The van der Waals surface area contributed by atoms with Crippen molar-refractivity contribution in [1.82, 2.24) is 5.32 Å². The van der Waals surface area contributed by atoms with Gasteiger partial charge in [0.15, 0.2) is 0 Å². The Morgan fingerprint density at radius 3 is 2.71 bits per heavy atom. The highest BCUT2D eigenvalue weighted by molar-refractivity contribution is 5.81. The molecule has 0 aliphatic carbocycles. The van der Waals surface area contributed by atoms with Crippen LogP contribution in [0, 0.1) is 5.92 Å². The first-order valence-electron chi connectivity index (χ1n) is 5.15. The Hall–Kier alpha value is -0.610. The van der Waals surface area contributed by atoms with Gasteiger partial charge in [-0.2, -0.15) is 0 Å². The Kier molecular flexibility index (Phi) is 7.42. The highest BCUT2D eigenvalue weighted by atomic mass is 16.5. The quantitative estimate of drug-likeness (QED) is 0.591. The van der Waals surface area contributed by atoms with Crippen molar-refractivity contribution in [2.75, 3.05) is 20.3 Å². The van der Waals surface area contributed by atoms with Crippen molar-refractivity contribution in [3.05, 3.63) is 0 Å². The van der Waals surface area contributed by atoms with E-state index in [0.29, 0.717) is 13.2 Å². The van der Waals surface area contributed by atoms with Gasteiger partial charge in [0, 0.05) is 20.3 Å². The van der Waals surface area contributed by atoms with Crippen LogP contribution in [0.2, 0.25) is 0 Å². The first-order valence-corrected chi connectivity index (χ1v) is 5.15. The lowest BCUT2D eigenvalue weighted by atomic mass is 9.99. The molecular weight excluding hydrogens is 180 g/mol. The summed E-state index contributed by atoms with van der Waals surface area (Å²) in [4.78, 5) is 11.4. The predicted octanol–water partition coefficient (Wildman–Crippen LogP) is 0.513. The van der Waals surface area contributed by atoms with E-state index in [2.05, 4.69) is 5.32 Å². The second kappa shape index (κ2) is 7.76. The maximum atomic E-state index is 11.4. The minimum Gasteiger partial charge on any atom is -0.385 e. The lowest BCUT2D eigenvalue weighted by molar-refractivity contribution is -0.123. The molecule has 4 nitrogen and oxygen atoms in total. The zero-order valence-corrected chi connectivity index (χ0v) is 9.38. The molecule has 0 rings (SSSR count). The number of nitrogens with two attached hydrogens (primary N) is 1. The number of hydrogen-bond donors (Lipinski definition) is 2. The van der Waals surface area contributed by atoms with Crippen LogP contribution < -0.4 is 11.1 Å². The number of hydrogen-bond acceptors (Lipinski definition) is 3. The van der Waals surface area contributed by atoms with Crippen LogP contribution in [0.25, 0.3) is 0 Å². The Morgan fingerprint density at radius 1 is 1.57 bits per heavy atom. The number of carbonyl (C=O) groups excluding carboxylic acids is 1. The van der Waals surface area contributed by atoms with Crippen LogP contribution >= 0.6 is 0 Å². The monoisotopic (exact) mass is 202 g/mol. The van der Waals surface area contributed by atoms with E-state index >= 15 is 0 Å². The molecular formula is C10H22N2O2. The molecule has 0 saturated heterocycles. The van der Waals surface area contributed by atoms with Crippen molar-refractivity contribution in [1.29, 1.82) is 0 Å². The van der Waals surface area contributed by atoms with Crippen molar-refractivity contribution in [3.8, 4) is 0 Å². The van der Waals surface area contributed by atoms with E-state index in [9.17, 15) is 4.79 Å². The minimum atomic E-state index is -0.387. The van der Waals surface area contributed by atoms with Crippen molar-refractivity contribution in [3.63, 3.8) is 0 Å². The Labute approximate surface area is 86.2 Å². The summed E-state index contributed by atoms with van der Waals surface area (Å²) >= 11 is 0. The molecule has 14 heavy (non-hydrogen) atoms. The van der Waals surface area contributed by atoms with Crippen LogP contribution in [0.3, 0.4) is 0 Å². The number of carbonyl (C=O) groups is 1. The maximum Gasteiger partial charge on any atom is 0.237 e. The van der Waals surface area contributed by atoms with Crippen LogP contribution in [0.5, 0.6) is 0 Å². The summed E-state index contributed by atoms with van der Waals surface area (Å²) in [6, 6.07) is -0.387. The molecule has 0 radical (unpaired) electrons. The smallest absolute Gasteiger partial charge is 0.237 e. The molecule has 3 N–H and O–H groups in total. The summed E-state index contributed by atoms with van der Waals surface area (Å²) < 4.78 is 4.87. The predicted molar refractivity (Wildman–Crippen MR) is 56.9 cm³/mol. The van der Waals surface area contributed by atoms with Gasteiger partial charge in [0.25, 0.3) is 0 Å². The van der Waals surface area contributed by atoms with E-state index in [0.717, 1.165) is 12.8 Å². The number of methoxy groups -OCH3 is 1. The Bertz CT molecular complexity index is 162. The zero-order valence-electron chi connectivity index (χ0n) is 9.38. The van der Waals surface area contributed by atoms with E-state index in [1.165, 1.54) is 0 Å². The molecule has 0 aromatic rings. The molecule has 0 heterocycles. The van der Waals surface area contributed by atoms with Crippen LogP contribution in [-0.2, 0) is 9.53 Å². The van der Waals surface area contributed by atoms with Gasteiger partial charge < -0.3 is 15.8 Å². The van der Waals surface area contributed by atoms with Crippen LogP contribution in [0.4, 0.5) is 0 Å². The van der Waals surface area contributed by atoms with E-state index in [1.54, 1.807) is 7.11 Å². The molecule has 0 fully saturated rings. The highest BCUT2D eigenvalue weighted by Crippen LogP contribution is 2.04. The number of rotatable bonds is 7. The van der Waals surface area contributed by atoms with Crippen LogP contribution in [-0.4, -0.2) is 32.2 Å². The third-order valence-corrected chi connectivity index (χ3v) is 2.38. The second-order valence-corrected chi connectivity index (χ2v) is 3.55. The van der Waals surface area contributed by atoms with Crippen molar-refractivity contribution in [2.45, 2.75) is 32.7 Å². The molecule has 4 heteroatoms. The molecule has 0 spiro atoms. The lowest BCUT2D eigenvalue weighted by Crippen LogP contribution is -2.44. The van der Waals surface area contributed by atoms with Gasteiger partial charge in [0.1, 0.15) is 0 Å². The highest BCUT2D eigenvalue weighted by Gasteiger charge is 2.18. The summed E-state index contributed by atoms with van der Waals surface area (Å²) in [5, 5.41) is 2.79. The fourth-order valence-electron chi connectivity index (χ4n) is 1.06. The summed E-state index contributed by atoms with van der Waals surface area (Å²) in [5.74, 6) is 0.174. The molecule has 0 unspecified atom stereocenters. The number of ether oxygens (including phenoxy) is 1. The average Bonchev–Trinajstić information content (AvgIpc) is 2.21. The first-order chi connectivity index (χ1) is 6.63. The third kappa shape index (κ3) is 5.19. The third-order valence-electron chi connectivity index (χ3n) is 2.38. The second-order valence-electron chi connectivity index (χ2n) is 3.55. The Balaban J connectivity index is 3.62. The molecule has 2 atom stereocenters. The summed E-state index contributed by atoms with van der Waals surface area (Å²) in [6.45, 7) is 5.32. The Morgan fingerprint density at radius 2 is 2.21 bits per heavy atom. The molecule has 0 saturated carbocycles. The molecule has 0 aromatic heterocycles. The van der Waals surface area contributed by atoms with Gasteiger partial charge in [0.05, 0.1) is 6.04 Å². The average molecular weight is 202 g/mol. The van der Waals surface area contributed by atoms with Gasteiger partial charge in [-0.05, 0) is 12.3 Å². The molecule has 84 valence electrons. The SMILES string of the molecule is CC[C@H](C)[C@H](N)C(=O)NCCCOC. The minimum absolute atomic E-state index is 0.0598. The molecule has 1 amide bonds. The molecule has 0 bridgehead atoms. The molecule has 0 aliphatic heterocycles. The lowest BCUT2D eigenvalue weighted by Gasteiger charge is -2.17. The topological polar surface area (TPSA) is 64.4 Å². The van der Waals surface area contributed by atoms with Crippen LogP contribution in [0.1, 0.15) is 26.7 Å². The molecule has 0 aliphatic rings. The summed E-state index contributed by atoms with van der Waals surface area (Å²) in [6.07, 6.45) is 1.75. The number of nitrogens with one attached hydrogen (secondary N) is 1. The standard InChI is InChI=1S/C10H22N2O2/c1-4-8(2)9(11)10(13)12-6-5-7-14-3/h8-9H,4-7,11H2,1-3H3,(H,12,13)/t8-,9-/m0/s1. The van der Waals surface area contributed by atoms with Gasteiger partial charge in [-0.25, -0.2) is 0 Å². The first kappa shape index (κ1) is 13.4. The van der Waals surface area contributed by atoms with Crippen molar-refractivity contribution in [2.24, 2.45) is 11.7 Å². The van der Waals surface area contributed by atoms with Gasteiger partial charge in [-0.15, -0.1) is 0 Å². The maximum absolute atomic E-state index is 11.4. The van der Waals surface area contributed by atoms with E-state index < -0.39 is 0 Å². The van der Waals surface area contributed by atoms with E-state index in [-0.39, 0.29) is 17.9 Å². The van der Waals surface area contributed by atoms with Gasteiger partial charge in [0.2, 0.25) is 5.91 Å².